The van der Waals surface area contributed by atoms with Gasteiger partial charge in [0.1, 0.15) is 12.1 Å². The molecule has 0 atom stereocenters. The van der Waals surface area contributed by atoms with Gasteiger partial charge in [-0.3, -0.25) is 4.68 Å². The maximum atomic E-state index is 5.84. The van der Waals surface area contributed by atoms with E-state index in [-0.39, 0.29) is 11.7 Å². The number of nitrogen functional groups attached to an aromatic ring is 1. The molecule has 0 fully saturated rings. The lowest BCUT2D eigenvalue weighted by Gasteiger charge is -2.34. The Bertz CT molecular complexity index is 352. The van der Waals surface area contributed by atoms with Crippen LogP contribution in [0.25, 0.3) is 0 Å². The molecule has 1 aromatic heterocycles. The van der Waals surface area contributed by atoms with Crippen LogP contribution in [0.2, 0.25) is 13.1 Å². The highest BCUT2D eigenvalue weighted by molar-refractivity contribution is 6.26. The molecule has 0 spiro atoms. The summed E-state index contributed by atoms with van der Waals surface area (Å²) in [6, 6.07) is 1.81. The fourth-order valence-corrected chi connectivity index (χ4v) is 3.72. The van der Waals surface area contributed by atoms with Crippen molar-refractivity contribution in [2.24, 2.45) is 5.41 Å². The topological polar surface area (TPSA) is 62.3 Å². The largest absolute Gasteiger partial charge is 0.400 e. The first-order chi connectivity index (χ1) is 8.49. The lowest BCUT2D eigenvalue weighted by atomic mass is 9.89. The van der Waals surface area contributed by atoms with Gasteiger partial charge in [0.15, 0.2) is 19.5 Å². The van der Waals surface area contributed by atoms with Crippen molar-refractivity contribution in [2.45, 2.75) is 46.2 Å². The van der Waals surface area contributed by atoms with Crippen LogP contribution in [0.3, 0.4) is 0 Å². The van der Waals surface area contributed by atoms with Crippen LogP contribution in [0.1, 0.15) is 20.3 Å². The Kier molecular flexibility index (Phi) is 6.06. The van der Waals surface area contributed by atoms with Crippen molar-refractivity contribution in [3.05, 3.63) is 12.3 Å². The normalized spacial score (nSPS) is 15.1. The predicted octanol–water partition coefficient (Wildman–Crippen LogP) is 0.505. The highest BCUT2D eigenvalue weighted by Gasteiger charge is 2.29. The van der Waals surface area contributed by atoms with Gasteiger partial charge in [-0.15, -0.1) is 0 Å². The second-order valence-corrected chi connectivity index (χ2v) is 6.81. The lowest BCUT2D eigenvalue weighted by Crippen LogP contribution is -2.36. The first kappa shape index (κ1) is 15.4. The van der Waals surface area contributed by atoms with Crippen molar-refractivity contribution < 1.29 is 8.85 Å². The molecule has 5 nitrogen and oxygen atoms in total. The zero-order chi connectivity index (χ0) is 13.6. The van der Waals surface area contributed by atoms with Gasteiger partial charge in [-0.1, -0.05) is 26.9 Å². The molecule has 0 aliphatic rings. The third-order valence-corrected chi connectivity index (χ3v) is 4.19. The van der Waals surface area contributed by atoms with Crippen LogP contribution >= 0.6 is 0 Å². The molecule has 2 N–H and O–H groups in total. The molecule has 1 heterocycles. The minimum Gasteiger partial charge on any atom is -0.400 e. The fraction of sp³-hybridized carbons (Fsp3) is 0.727. The lowest BCUT2D eigenvalue weighted by molar-refractivity contribution is -0.0836. The second-order valence-electron chi connectivity index (χ2n) is 4.98. The molecule has 7 heteroatoms. The second kappa shape index (κ2) is 7.08. The summed E-state index contributed by atoms with van der Waals surface area (Å²) in [7, 11) is -0.909. The minimum atomic E-state index is -0.454. The van der Waals surface area contributed by atoms with Gasteiger partial charge >= 0.3 is 0 Å². The monoisotopic (exact) mass is 287 g/mol. The summed E-state index contributed by atoms with van der Waals surface area (Å²) in [5.41, 5.74) is 5.61. The van der Waals surface area contributed by atoms with Crippen molar-refractivity contribution in [1.29, 1.82) is 0 Å². The summed E-state index contributed by atoms with van der Waals surface area (Å²) in [6.45, 7) is 9.50. The van der Waals surface area contributed by atoms with Gasteiger partial charge in [-0.25, -0.2) is 0 Å². The van der Waals surface area contributed by atoms with Crippen LogP contribution < -0.4 is 5.73 Å². The van der Waals surface area contributed by atoms with Crippen LogP contribution in [-0.4, -0.2) is 35.6 Å². The molecule has 0 saturated carbocycles. The molecule has 104 valence electrons. The summed E-state index contributed by atoms with van der Waals surface area (Å²) in [4.78, 5) is 0. The van der Waals surface area contributed by atoms with E-state index in [0.717, 1.165) is 13.0 Å². The molecule has 0 saturated heterocycles. The van der Waals surface area contributed by atoms with Crippen molar-refractivity contribution in [2.75, 3.05) is 5.73 Å². The first-order valence-corrected chi connectivity index (χ1v) is 10.5. The third-order valence-electron chi connectivity index (χ3n) is 2.92. The molecule has 1 aromatic rings. The molecule has 0 aliphatic heterocycles. The number of hydrogen-bond donors (Lipinski definition) is 1. The summed E-state index contributed by atoms with van der Waals surface area (Å²) in [6.07, 6.45) is 2.81. The van der Waals surface area contributed by atoms with E-state index in [4.69, 9.17) is 14.6 Å². The van der Waals surface area contributed by atoms with Crippen LogP contribution in [0, 0.1) is 5.41 Å². The van der Waals surface area contributed by atoms with Gasteiger partial charge in [-0.2, -0.15) is 5.10 Å². The Hall–Kier alpha value is -0.636. The number of aromatic nitrogens is 2. The van der Waals surface area contributed by atoms with Gasteiger partial charge < -0.3 is 14.6 Å². The van der Waals surface area contributed by atoms with Crippen LogP contribution in [-0.2, 0) is 15.4 Å². The molecule has 18 heavy (non-hydrogen) atoms. The van der Waals surface area contributed by atoms with Gasteiger partial charge in [0.2, 0.25) is 0 Å². The quantitative estimate of drug-likeness (QED) is 0.559. The van der Waals surface area contributed by atoms with Crippen LogP contribution in [0.4, 0.5) is 5.82 Å². The highest BCUT2D eigenvalue weighted by Crippen LogP contribution is 2.28. The van der Waals surface area contributed by atoms with E-state index >= 15 is 0 Å². The summed E-state index contributed by atoms with van der Waals surface area (Å²) in [5, 5.41) is 4.20. The SMILES string of the molecule is C[SiH2]OC(O[SiH2]C)C(C)(C)CCn1ccc(N)n1. The van der Waals surface area contributed by atoms with E-state index in [1.165, 1.54) is 0 Å². The van der Waals surface area contributed by atoms with Crippen molar-refractivity contribution in [1.82, 2.24) is 9.78 Å². The first-order valence-electron chi connectivity index (χ1n) is 6.51. The predicted molar refractivity (Wildman–Crippen MR) is 79.8 cm³/mol. The molecule has 0 unspecified atom stereocenters. The smallest absolute Gasteiger partial charge is 0.161 e. The number of rotatable bonds is 8. The van der Waals surface area contributed by atoms with E-state index in [0.29, 0.717) is 5.82 Å². The third kappa shape index (κ3) is 4.56. The number of anilines is 1. The van der Waals surface area contributed by atoms with Crippen molar-refractivity contribution >= 4 is 25.3 Å². The van der Waals surface area contributed by atoms with E-state index in [9.17, 15) is 0 Å². The molecule has 0 bridgehead atoms. The van der Waals surface area contributed by atoms with Crippen molar-refractivity contribution in [3.63, 3.8) is 0 Å². The number of aryl methyl sites for hydroxylation is 1. The molecular weight excluding hydrogens is 262 g/mol. The maximum absolute atomic E-state index is 5.84. The molecular formula is C11H25N3O2Si2. The van der Waals surface area contributed by atoms with Gasteiger partial charge in [-0.05, 0) is 12.5 Å². The zero-order valence-corrected chi connectivity index (χ0v) is 14.7. The van der Waals surface area contributed by atoms with Gasteiger partial charge in [0, 0.05) is 18.2 Å². The fourth-order valence-electron chi connectivity index (χ4n) is 1.82. The van der Waals surface area contributed by atoms with Crippen LogP contribution in [0.15, 0.2) is 12.3 Å². The molecule has 0 aliphatic carbocycles. The average molecular weight is 288 g/mol. The van der Waals surface area contributed by atoms with Gasteiger partial charge in [0.25, 0.3) is 0 Å². The molecule has 1 rings (SSSR count). The molecule has 0 aromatic carbocycles. The van der Waals surface area contributed by atoms with E-state index < -0.39 is 19.5 Å². The van der Waals surface area contributed by atoms with E-state index in [2.05, 4.69) is 32.0 Å². The Morgan fingerprint density at radius 1 is 1.39 bits per heavy atom. The Morgan fingerprint density at radius 3 is 2.44 bits per heavy atom. The number of nitrogens with zero attached hydrogens (tertiary/aromatic N) is 2. The molecule has 0 amide bonds. The Balaban J connectivity index is 2.55. The average Bonchev–Trinajstić information content (AvgIpc) is 2.72. The standard InChI is InChI=1S/C11H25N3O2Si2/c1-11(2,10(15-17-3)16-18-4)6-8-14-7-5-9(12)13-14/h5,7,10H,6,8,17-18H2,1-4H3,(H2,12,13). The zero-order valence-electron chi connectivity index (χ0n) is 11.8. The maximum Gasteiger partial charge on any atom is 0.161 e. The highest BCUT2D eigenvalue weighted by atomic mass is 28.2. The minimum absolute atomic E-state index is 0.00668. The van der Waals surface area contributed by atoms with Crippen molar-refractivity contribution in [3.8, 4) is 0 Å². The Labute approximate surface area is 114 Å². The van der Waals surface area contributed by atoms with Gasteiger partial charge in [0.05, 0.1) is 0 Å². The summed E-state index contributed by atoms with van der Waals surface area (Å²) >= 11 is 0. The number of hydrogen-bond acceptors (Lipinski definition) is 4. The molecule has 0 radical (unpaired) electrons. The number of nitrogens with two attached hydrogens (primary N) is 1. The summed E-state index contributed by atoms with van der Waals surface area (Å²) < 4.78 is 13.6. The van der Waals surface area contributed by atoms with E-state index in [1.807, 2.05) is 16.9 Å². The Morgan fingerprint density at radius 2 is 2.00 bits per heavy atom. The van der Waals surface area contributed by atoms with E-state index in [1.54, 1.807) is 0 Å². The van der Waals surface area contributed by atoms with Crippen LogP contribution in [0.5, 0.6) is 0 Å². The summed E-state index contributed by atoms with van der Waals surface area (Å²) in [5.74, 6) is 0.568.